The van der Waals surface area contributed by atoms with Crippen molar-refractivity contribution in [3.8, 4) is 5.75 Å². The van der Waals surface area contributed by atoms with E-state index in [-0.39, 0.29) is 11.8 Å². The van der Waals surface area contributed by atoms with E-state index in [0.717, 1.165) is 25.0 Å². The van der Waals surface area contributed by atoms with E-state index in [2.05, 4.69) is 0 Å². The maximum atomic E-state index is 12.4. The molecule has 1 aromatic rings. The molecule has 2 N–H and O–H groups in total. The van der Waals surface area contributed by atoms with Crippen LogP contribution in [0.15, 0.2) is 18.2 Å². The van der Waals surface area contributed by atoms with Gasteiger partial charge in [-0.25, -0.2) is 0 Å². The summed E-state index contributed by atoms with van der Waals surface area (Å²) in [6, 6.07) is 3.14. The third kappa shape index (κ3) is 3.84. The summed E-state index contributed by atoms with van der Waals surface area (Å²) in [5.74, 6) is 0.305. The topological polar surface area (TPSA) is 35.2 Å². The Morgan fingerprint density at radius 1 is 1.35 bits per heavy atom. The van der Waals surface area contributed by atoms with Gasteiger partial charge in [0, 0.05) is 0 Å². The van der Waals surface area contributed by atoms with Gasteiger partial charge in [-0.05, 0) is 31.5 Å². The van der Waals surface area contributed by atoms with Crippen LogP contribution in [0.4, 0.5) is 18.9 Å². The van der Waals surface area contributed by atoms with E-state index < -0.39 is 11.7 Å². The molecule has 0 aliphatic carbocycles. The van der Waals surface area contributed by atoms with Gasteiger partial charge >= 0.3 is 6.18 Å². The fourth-order valence-corrected chi connectivity index (χ4v) is 1.51. The van der Waals surface area contributed by atoms with Gasteiger partial charge in [-0.3, -0.25) is 0 Å². The molecule has 0 aromatic heterocycles. The highest BCUT2D eigenvalue weighted by Gasteiger charge is 2.31. The number of benzene rings is 1. The standard InChI is InChI=1S/C12H16F3NO/c1-3-4-8(2)17-11-6-5-9(7-10(11)16)12(13,14)15/h5-8H,3-4,16H2,1-2H3/t8-/m0/s1. The van der Waals surface area contributed by atoms with Crippen LogP contribution in [0, 0.1) is 0 Å². The van der Waals surface area contributed by atoms with Crippen LogP contribution in [-0.2, 0) is 6.18 Å². The number of nitrogens with two attached hydrogens (primary N) is 1. The highest BCUT2D eigenvalue weighted by atomic mass is 19.4. The van der Waals surface area contributed by atoms with Crippen molar-refractivity contribution in [1.29, 1.82) is 0 Å². The molecule has 0 saturated heterocycles. The fourth-order valence-electron chi connectivity index (χ4n) is 1.51. The van der Waals surface area contributed by atoms with Crippen LogP contribution in [-0.4, -0.2) is 6.10 Å². The van der Waals surface area contributed by atoms with Crippen LogP contribution in [0.1, 0.15) is 32.3 Å². The number of hydrogen-bond donors (Lipinski definition) is 1. The van der Waals surface area contributed by atoms with Crippen molar-refractivity contribution in [2.75, 3.05) is 5.73 Å². The highest BCUT2D eigenvalue weighted by Crippen LogP contribution is 2.34. The zero-order valence-corrected chi connectivity index (χ0v) is 9.84. The summed E-state index contributed by atoms with van der Waals surface area (Å²) in [7, 11) is 0. The summed E-state index contributed by atoms with van der Waals surface area (Å²) in [5.41, 5.74) is 4.80. The number of anilines is 1. The van der Waals surface area contributed by atoms with Gasteiger partial charge in [0.1, 0.15) is 5.75 Å². The molecule has 1 rings (SSSR count). The molecule has 0 amide bonds. The van der Waals surface area contributed by atoms with Gasteiger partial charge in [0.2, 0.25) is 0 Å². The van der Waals surface area contributed by atoms with Crippen LogP contribution in [0.3, 0.4) is 0 Å². The Kier molecular flexibility index (Phi) is 4.26. The van der Waals surface area contributed by atoms with E-state index >= 15 is 0 Å². The lowest BCUT2D eigenvalue weighted by Gasteiger charge is -2.16. The Balaban J connectivity index is 2.83. The first-order valence-electron chi connectivity index (χ1n) is 5.48. The minimum Gasteiger partial charge on any atom is -0.489 e. The third-order valence-electron chi connectivity index (χ3n) is 2.36. The van der Waals surface area contributed by atoms with Crippen molar-refractivity contribution in [3.05, 3.63) is 23.8 Å². The average Bonchev–Trinajstić information content (AvgIpc) is 2.20. The minimum absolute atomic E-state index is 0.0165. The summed E-state index contributed by atoms with van der Waals surface area (Å²) < 4.78 is 42.6. The average molecular weight is 247 g/mol. The van der Waals surface area contributed by atoms with Crippen molar-refractivity contribution < 1.29 is 17.9 Å². The monoisotopic (exact) mass is 247 g/mol. The predicted octanol–water partition coefficient (Wildman–Crippen LogP) is 3.86. The zero-order chi connectivity index (χ0) is 13.1. The quantitative estimate of drug-likeness (QED) is 0.820. The van der Waals surface area contributed by atoms with Gasteiger partial charge in [-0.2, -0.15) is 13.2 Å². The Hall–Kier alpha value is -1.39. The summed E-state index contributed by atoms with van der Waals surface area (Å²) in [5, 5.41) is 0. The molecule has 2 nitrogen and oxygen atoms in total. The SMILES string of the molecule is CCC[C@H](C)Oc1ccc(C(F)(F)F)cc1N. The largest absolute Gasteiger partial charge is 0.489 e. The molecule has 17 heavy (non-hydrogen) atoms. The van der Waals surface area contributed by atoms with E-state index in [1.54, 1.807) is 0 Å². The zero-order valence-electron chi connectivity index (χ0n) is 9.84. The molecule has 1 aromatic carbocycles. The van der Waals surface area contributed by atoms with E-state index in [1.165, 1.54) is 6.07 Å². The molecule has 96 valence electrons. The summed E-state index contributed by atoms with van der Waals surface area (Å²) in [6.07, 6.45) is -2.65. The van der Waals surface area contributed by atoms with E-state index in [1.807, 2.05) is 13.8 Å². The third-order valence-corrected chi connectivity index (χ3v) is 2.36. The summed E-state index contributed by atoms with van der Waals surface area (Å²) in [4.78, 5) is 0. The van der Waals surface area contributed by atoms with Gasteiger partial charge in [0.05, 0.1) is 17.4 Å². The lowest BCUT2D eigenvalue weighted by atomic mass is 10.1. The number of ether oxygens (including phenoxy) is 1. The molecular formula is C12H16F3NO. The number of hydrogen-bond acceptors (Lipinski definition) is 2. The molecule has 0 aliphatic rings. The van der Waals surface area contributed by atoms with Crippen molar-refractivity contribution in [2.24, 2.45) is 0 Å². The molecule has 0 aliphatic heterocycles. The maximum absolute atomic E-state index is 12.4. The summed E-state index contributed by atoms with van der Waals surface area (Å²) in [6.45, 7) is 3.87. The minimum atomic E-state index is -4.37. The molecule has 0 spiro atoms. The lowest BCUT2D eigenvalue weighted by molar-refractivity contribution is -0.137. The van der Waals surface area contributed by atoms with Gasteiger partial charge in [-0.1, -0.05) is 13.3 Å². The maximum Gasteiger partial charge on any atom is 0.416 e. The number of alkyl halides is 3. The van der Waals surface area contributed by atoms with Gasteiger partial charge < -0.3 is 10.5 Å². The Bertz CT molecular complexity index is 377. The van der Waals surface area contributed by atoms with Crippen LogP contribution in [0.5, 0.6) is 5.75 Å². The molecule has 0 heterocycles. The second-order valence-electron chi connectivity index (χ2n) is 3.97. The highest BCUT2D eigenvalue weighted by molar-refractivity contribution is 5.54. The Morgan fingerprint density at radius 2 is 2.00 bits per heavy atom. The molecule has 0 unspecified atom stereocenters. The summed E-state index contributed by atoms with van der Waals surface area (Å²) >= 11 is 0. The molecule has 1 atom stereocenters. The first-order chi connectivity index (χ1) is 7.84. The number of rotatable bonds is 4. The predicted molar refractivity (Wildman–Crippen MR) is 60.9 cm³/mol. The lowest BCUT2D eigenvalue weighted by Crippen LogP contribution is -2.13. The number of halogens is 3. The van der Waals surface area contributed by atoms with Crippen molar-refractivity contribution in [3.63, 3.8) is 0 Å². The van der Waals surface area contributed by atoms with Gasteiger partial charge in [0.25, 0.3) is 0 Å². The van der Waals surface area contributed by atoms with E-state index in [9.17, 15) is 13.2 Å². The molecule has 0 saturated carbocycles. The number of nitrogen functional groups attached to an aromatic ring is 1. The van der Waals surface area contributed by atoms with Crippen LogP contribution in [0.25, 0.3) is 0 Å². The van der Waals surface area contributed by atoms with Crippen LogP contribution in [0.2, 0.25) is 0 Å². The molecule has 0 fully saturated rings. The first-order valence-corrected chi connectivity index (χ1v) is 5.48. The Labute approximate surface area is 98.6 Å². The normalized spacial score (nSPS) is 13.5. The second kappa shape index (κ2) is 5.29. The van der Waals surface area contributed by atoms with Gasteiger partial charge in [0.15, 0.2) is 0 Å². The van der Waals surface area contributed by atoms with E-state index in [4.69, 9.17) is 10.5 Å². The molecular weight excluding hydrogens is 231 g/mol. The molecule has 0 bridgehead atoms. The fraction of sp³-hybridized carbons (Fsp3) is 0.500. The first kappa shape index (κ1) is 13.7. The van der Waals surface area contributed by atoms with Crippen molar-refractivity contribution in [2.45, 2.75) is 39.0 Å². The van der Waals surface area contributed by atoms with Crippen LogP contribution >= 0.6 is 0 Å². The molecule has 0 radical (unpaired) electrons. The van der Waals surface area contributed by atoms with Crippen LogP contribution < -0.4 is 10.5 Å². The van der Waals surface area contributed by atoms with Crippen molar-refractivity contribution in [1.82, 2.24) is 0 Å². The van der Waals surface area contributed by atoms with Gasteiger partial charge in [-0.15, -0.1) is 0 Å². The van der Waals surface area contributed by atoms with Crippen molar-refractivity contribution >= 4 is 5.69 Å². The van der Waals surface area contributed by atoms with E-state index in [0.29, 0.717) is 5.75 Å². The Morgan fingerprint density at radius 3 is 2.47 bits per heavy atom. The smallest absolute Gasteiger partial charge is 0.416 e. The molecule has 5 heteroatoms. The second-order valence-corrected chi connectivity index (χ2v) is 3.97.